The van der Waals surface area contributed by atoms with E-state index >= 15 is 0 Å². The van der Waals surface area contributed by atoms with Crippen LogP contribution in [0.3, 0.4) is 0 Å². The average Bonchev–Trinajstić information content (AvgIpc) is 2.71. The van der Waals surface area contributed by atoms with Crippen molar-refractivity contribution in [3.05, 3.63) is 44.3 Å². The highest BCUT2D eigenvalue weighted by atomic mass is 79.9. The number of pyridine rings is 1. The highest BCUT2D eigenvalue weighted by molar-refractivity contribution is 9.10. The molecule has 0 aliphatic carbocycles. The molecule has 0 aliphatic heterocycles. The quantitative estimate of drug-likeness (QED) is 0.899. The number of aromatic carboxylic acids is 1. The van der Waals surface area contributed by atoms with Gasteiger partial charge in [-0.25, -0.2) is 9.78 Å². The molecule has 0 fully saturated rings. The monoisotopic (exact) mass is 340 g/mol. The number of carbonyl (C=O) groups is 2. The van der Waals surface area contributed by atoms with Gasteiger partial charge in [0.2, 0.25) is 0 Å². The lowest BCUT2D eigenvalue weighted by molar-refractivity contribution is 0.0703. The second kappa shape index (κ2) is 5.50. The molecule has 0 bridgehead atoms. The van der Waals surface area contributed by atoms with Crippen LogP contribution in [0.25, 0.3) is 0 Å². The van der Waals surface area contributed by atoms with E-state index in [-0.39, 0.29) is 10.6 Å². The Hall–Kier alpha value is -1.73. The van der Waals surface area contributed by atoms with Crippen molar-refractivity contribution < 1.29 is 14.7 Å². The molecule has 19 heavy (non-hydrogen) atoms. The molecule has 2 rings (SSSR count). The lowest BCUT2D eigenvalue weighted by Crippen LogP contribution is -2.16. The summed E-state index contributed by atoms with van der Waals surface area (Å²) >= 11 is 4.31. The van der Waals surface area contributed by atoms with Crippen LogP contribution < -0.4 is 5.32 Å². The van der Waals surface area contributed by atoms with E-state index in [0.29, 0.717) is 15.7 Å². The first-order valence-corrected chi connectivity index (χ1v) is 6.91. The Labute approximate surface area is 121 Å². The minimum atomic E-state index is -1.06. The van der Waals surface area contributed by atoms with Crippen LogP contribution in [-0.2, 0) is 0 Å². The van der Waals surface area contributed by atoms with Gasteiger partial charge in [-0.3, -0.25) is 4.79 Å². The predicted molar refractivity (Wildman–Crippen MR) is 75.9 cm³/mol. The summed E-state index contributed by atoms with van der Waals surface area (Å²) in [5, 5.41) is 13.3. The fourth-order valence-corrected chi connectivity index (χ4v) is 2.76. The zero-order valence-electron chi connectivity index (χ0n) is 9.81. The lowest BCUT2D eigenvalue weighted by Gasteiger charge is -2.06. The van der Waals surface area contributed by atoms with Crippen LogP contribution in [0.15, 0.2) is 28.2 Å². The number of carboxylic acid groups (broad SMARTS) is 1. The number of rotatable bonds is 3. The number of amides is 1. The molecule has 1 amide bonds. The molecule has 0 aromatic carbocycles. The highest BCUT2D eigenvalue weighted by Gasteiger charge is 2.19. The van der Waals surface area contributed by atoms with Crippen molar-refractivity contribution >= 4 is 44.8 Å². The van der Waals surface area contributed by atoms with Gasteiger partial charge in [-0.1, -0.05) is 0 Å². The highest BCUT2D eigenvalue weighted by Crippen LogP contribution is 2.28. The van der Waals surface area contributed by atoms with E-state index in [2.05, 4.69) is 26.2 Å². The summed E-state index contributed by atoms with van der Waals surface area (Å²) in [5.74, 6) is -1.51. The summed E-state index contributed by atoms with van der Waals surface area (Å²) in [5.41, 5.74) is 1.24. The fraction of sp³-hybridized carbons (Fsp3) is 0.0833. The largest absolute Gasteiger partial charge is 0.477 e. The molecular weight excluding hydrogens is 332 g/mol. The summed E-state index contributed by atoms with van der Waals surface area (Å²) in [4.78, 5) is 27.2. The molecule has 0 saturated heterocycles. The first kappa shape index (κ1) is 13.7. The number of thiophene rings is 1. The van der Waals surface area contributed by atoms with Crippen molar-refractivity contribution in [2.24, 2.45) is 0 Å². The molecule has 5 nitrogen and oxygen atoms in total. The minimum absolute atomic E-state index is 0.109. The molecule has 0 saturated carbocycles. The van der Waals surface area contributed by atoms with Gasteiger partial charge in [-0.2, -0.15) is 0 Å². The van der Waals surface area contributed by atoms with Crippen LogP contribution >= 0.6 is 27.3 Å². The van der Waals surface area contributed by atoms with Crippen molar-refractivity contribution in [2.75, 3.05) is 5.32 Å². The number of aryl methyl sites for hydroxylation is 1. The molecule has 2 aromatic heterocycles. The van der Waals surface area contributed by atoms with Crippen molar-refractivity contribution in [1.29, 1.82) is 0 Å². The Balaban J connectivity index is 2.32. The molecule has 2 heterocycles. The summed E-state index contributed by atoms with van der Waals surface area (Å²) in [7, 11) is 0. The number of hydrogen-bond acceptors (Lipinski definition) is 4. The third kappa shape index (κ3) is 2.82. The van der Waals surface area contributed by atoms with Gasteiger partial charge in [0.15, 0.2) is 0 Å². The van der Waals surface area contributed by atoms with Crippen LogP contribution in [0.4, 0.5) is 5.69 Å². The number of anilines is 1. The summed E-state index contributed by atoms with van der Waals surface area (Å²) in [6.07, 6.45) is 1.50. The number of carboxylic acids is 1. The standard InChI is InChI=1S/C12H9BrN2O3S/c1-6-5-19-10(12(17)18)8(6)15-11(16)9-7(13)3-2-4-14-9/h2-5H,1H3,(H,15,16)(H,17,18). The van der Waals surface area contributed by atoms with Crippen LogP contribution in [0.2, 0.25) is 0 Å². The SMILES string of the molecule is Cc1csc(C(=O)O)c1NC(=O)c1ncccc1Br. The minimum Gasteiger partial charge on any atom is -0.477 e. The van der Waals surface area contributed by atoms with Gasteiger partial charge in [0, 0.05) is 10.7 Å². The summed E-state index contributed by atoms with van der Waals surface area (Å²) < 4.78 is 0.553. The number of hydrogen-bond donors (Lipinski definition) is 2. The topological polar surface area (TPSA) is 79.3 Å². The first-order chi connectivity index (χ1) is 9.00. The van der Waals surface area contributed by atoms with Crippen molar-refractivity contribution in [1.82, 2.24) is 4.98 Å². The summed E-state index contributed by atoms with van der Waals surface area (Å²) in [6.45, 7) is 1.74. The molecule has 0 spiro atoms. The van der Waals surface area contributed by atoms with Crippen LogP contribution in [0, 0.1) is 6.92 Å². The van der Waals surface area contributed by atoms with Gasteiger partial charge in [0.25, 0.3) is 5.91 Å². The second-order valence-corrected chi connectivity index (χ2v) is 5.45. The average molecular weight is 341 g/mol. The van der Waals surface area contributed by atoms with Crippen LogP contribution in [0.5, 0.6) is 0 Å². The Morgan fingerprint density at radius 1 is 1.47 bits per heavy atom. The zero-order chi connectivity index (χ0) is 14.0. The fourth-order valence-electron chi connectivity index (χ4n) is 1.48. The van der Waals surface area contributed by atoms with Crippen molar-refractivity contribution in [3.8, 4) is 0 Å². The first-order valence-electron chi connectivity index (χ1n) is 5.24. The Kier molecular flexibility index (Phi) is 3.96. The number of carbonyl (C=O) groups excluding carboxylic acids is 1. The molecule has 0 unspecified atom stereocenters. The Bertz CT molecular complexity index is 654. The van der Waals surface area contributed by atoms with E-state index in [1.54, 1.807) is 24.4 Å². The maximum atomic E-state index is 12.1. The molecule has 2 aromatic rings. The molecule has 2 N–H and O–H groups in total. The smallest absolute Gasteiger partial charge is 0.348 e. The van der Waals surface area contributed by atoms with E-state index in [0.717, 1.165) is 11.3 Å². The van der Waals surface area contributed by atoms with E-state index in [9.17, 15) is 9.59 Å². The number of halogens is 1. The normalized spacial score (nSPS) is 10.2. The lowest BCUT2D eigenvalue weighted by atomic mass is 10.2. The molecule has 98 valence electrons. The number of nitrogens with zero attached hydrogens (tertiary/aromatic N) is 1. The van der Waals surface area contributed by atoms with Gasteiger partial charge < -0.3 is 10.4 Å². The van der Waals surface area contributed by atoms with Crippen molar-refractivity contribution in [3.63, 3.8) is 0 Å². The maximum Gasteiger partial charge on any atom is 0.348 e. The van der Waals surface area contributed by atoms with Crippen LogP contribution in [-0.4, -0.2) is 22.0 Å². The Morgan fingerprint density at radius 3 is 2.84 bits per heavy atom. The van der Waals surface area contributed by atoms with E-state index in [1.165, 1.54) is 6.20 Å². The molecule has 7 heteroatoms. The predicted octanol–water partition coefficient (Wildman–Crippen LogP) is 3.16. The number of aromatic nitrogens is 1. The molecule has 0 aliphatic rings. The van der Waals surface area contributed by atoms with Gasteiger partial charge in [0.1, 0.15) is 10.6 Å². The van der Waals surface area contributed by atoms with Crippen molar-refractivity contribution in [2.45, 2.75) is 6.92 Å². The van der Waals surface area contributed by atoms with Crippen LogP contribution in [0.1, 0.15) is 25.7 Å². The third-order valence-corrected chi connectivity index (χ3v) is 4.11. The third-order valence-electron chi connectivity index (χ3n) is 2.38. The zero-order valence-corrected chi connectivity index (χ0v) is 12.2. The number of nitrogens with one attached hydrogen (secondary N) is 1. The van der Waals surface area contributed by atoms with E-state index in [4.69, 9.17) is 5.11 Å². The van der Waals surface area contributed by atoms with Gasteiger partial charge in [-0.15, -0.1) is 11.3 Å². The van der Waals surface area contributed by atoms with Gasteiger partial charge >= 0.3 is 5.97 Å². The van der Waals surface area contributed by atoms with E-state index < -0.39 is 11.9 Å². The second-order valence-electron chi connectivity index (χ2n) is 3.72. The maximum absolute atomic E-state index is 12.1. The van der Waals surface area contributed by atoms with Gasteiger partial charge in [0.05, 0.1) is 5.69 Å². The molecule has 0 radical (unpaired) electrons. The summed E-state index contributed by atoms with van der Waals surface area (Å²) in [6, 6.07) is 3.39. The van der Waals surface area contributed by atoms with E-state index in [1.807, 2.05) is 0 Å². The molecular formula is C12H9BrN2O3S. The Morgan fingerprint density at radius 2 is 2.21 bits per heavy atom. The van der Waals surface area contributed by atoms with Gasteiger partial charge in [-0.05, 0) is 45.9 Å². The molecule has 0 atom stereocenters.